The molecule has 0 saturated heterocycles. The second-order valence-corrected chi connectivity index (χ2v) is 7.13. The first-order chi connectivity index (χ1) is 8.96. The number of carbonyl (C=O) groups excluding carboxylic acids is 2. The minimum atomic E-state index is -0.804. The summed E-state index contributed by atoms with van der Waals surface area (Å²) in [5, 5.41) is 0. The highest BCUT2D eigenvalue weighted by atomic mass is 16.5. The van der Waals surface area contributed by atoms with E-state index in [9.17, 15) is 9.59 Å². The van der Waals surface area contributed by atoms with E-state index in [1.54, 1.807) is 6.92 Å². The first-order valence-electron chi connectivity index (χ1n) is 7.44. The van der Waals surface area contributed by atoms with Crippen LogP contribution in [0.3, 0.4) is 0 Å². The number of ether oxygens (including phenoxy) is 1. The molecule has 4 heteroatoms. The van der Waals surface area contributed by atoms with Crippen molar-refractivity contribution in [2.24, 2.45) is 28.9 Å². The fourth-order valence-corrected chi connectivity index (χ4v) is 5.11. The molecule has 0 aromatic heterocycles. The van der Waals surface area contributed by atoms with Crippen LogP contribution in [0.4, 0.5) is 0 Å². The Bertz CT molecular complexity index is 369. The summed E-state index contributed by atoms with van der Waals surface area (Å²) in [5.74, 6) is 1.67. The van der Waals surface area contributed by atoms with E-state index < -0.39 is 12.0 Å². The highest BCUT2D eigenvalue weighted by Crippen LogP contribution is 2.61. The van der Waals surface area contributed by atoms with E-state index >= 15 is 0 Å². The maximum absolute atomic E-state index is 12.0. The zero-order valence-electron chi connectivity index (χ0n) is 11.6. The van der Waals surface area contributed by atoms with Gasteiger partial charge in [-0.25, -0.2) is 0 Å². The molecule has 4 bridgehead atoms. The zero-order chi connectivity index (χ0) is 13.6. The van der Waals surface area contributed by atoms with E-state index in [0.29, 0.717) is 6.42 Å². The van der Waals surface area contributed by atoms with Gasteiger partial charge in [0.05, 0.1) is 6.42 Å². The van der Waals surface area contributed by atoms with E-state index in [-0.39, 0.29) is 11.4 Å². The van der Waals surface area contributed by atoms with Crippen molar-refractivity contribution in [2.45, 2.75) is 58.0 Å². The van der Waals surface area contributed by atoms with Crippen LogP contribution in [0.5, 0.6) is 0 Å². The van der Waals surface area contributed by atoms with Crippen molar-refractivity contribution in [3.8, 4) is 0 Å². The Morgan fingerprint density at radius 3 is 2.05 bits per heavy atom. The van der Waals surface area contributed by atoms with Crippen molar-refractivity contribution < 1.29 is 14.3 Å². The first-order valence-corrected chi connectivity index (χ1v) is 7.44. The summed E-state index contributed by atoms with van der Waals surface area (Å²) in [6.07, 6.45) is 7.32. The van der Waals surface area contributed by atoms with Gasteiger partial charge in [-0.1, -0.05) is 0 Å². The van der Waals surface area contributed by atoms with Crippen molar-refractivity contribution in [3.05, 3.63) is 0 Å². The molecule has 2 N–H and O–H groups in total. The second-order valence-electron chi connectivity index (χ2n) is 7.13. The molecule has 0 aromatic rings. The minimum absolute atomic E-state index is 0.170. The molecule has 4 fully saturated rings. The standard InChI is InChI=1S/C15H23NO3/c1-9(14(16)18)19-13(17)8-15-5-10-2-11(6-15)4-12(3-10)7-15/h9-12H,2-8H2,1H3,(H2,16,18). The SMILES string of the molecule is CC(OC(=O)CC12CC3CC(CC(C3)C1)C2)C(N)=O. The largest absolute Gasteiger partial charge is 0.453 e. The fraction of sp³-hybridized carbons (Fsp3) is 0.867. The van der Waals surface area contributed by atoms with Crippen LogP contribution in [0.15, 0.2) is 0 Å². The molecule has 1 amide bonds. The average Bonchev–Trinajstić information content (AvgIpc) is 2.25. The summed E-state index contributed by atoms with van der Waals surface area (Å²) >= 11 is 0. The van der Waals surface area contributed by atoms with Crippen LogP contribution in [-0.2, 0) is 14.3 Å². The summed E-state index contributed by atoms with van der Waals surface area (Å²) in [6.45, 7) is 1.54. The molecular formula is C15H23NO3. The van der Waals surface area contributed by atoms with Gasteiger partial charge in [0.15, 0.2) is 6.10 Å². The van der Waals surface area contributed by atoms with Gasteiger partial charge in [-0.2, -0.15) is 0 Å². The Kier molecular flexibility index (Phi) is 3.06. The predicted molar refractivity (Wildman–Crippen MR) is 70.0 cm³/mol. The lowest BCUT2D eigenvalue weighted by Crippen LogP contribution is -2.47. The van der Waals surface area contributed by atoms with Crippen LogP contribution < -0.4 is 5.73 Å². The Labute approximate surface area is 114 Å². The molecule has 4 rings (SSSR count). The van der Waals surface area contributed by atoms with Crippen LogP contribution in [0.25, 0.3) is 0 Å². The van der Waals surface area contributed by atoms with E-state index in [1.165, 1.54) is 38.5 Å². The lowest BCUT2D eigenvalue weighted by atomic mass is 9.49. The maximum atomic E-state index is 12.0. The Balaban J connectivity index is 1.63. The zero-order valence-corrected chi connectivity index (χ0v) is 11.6. The Morgan fingerprint density at radius 2 is 1.63 bits per heavy atom. The van der Waals surface area contributed by atoms with Crippen LogP contribution in [0.1, 0.15) is 51.9 Å². The molecule has 19 heavy (non-hydrogen) atoms. The molecule has 0 aromatic carbocycles. The number of hydrogen-bond donors (Lipinski definition) is 1. The van der Waals surface area contributed by atoms with Gasteiger partial charge in [-0.05, 0) is 68.6 Å². The van der Waals surface area contributed by atoms with Crippen molar-refractivity contribution in [3.63, 3.8) is 0 Å². The smallest absolute Gasteiger partial charge is 0.307 e. The molecule has 4 saturated carbocycles. The predicted octanol–water partition coefficient (Wildman–Crippen LogP) is 2.01. The molecule has 1 unspecified atom stereocenters. The maximum Gasteiger partial charge on any atom is 0.307 e. The van der Waals surface area contributed by atoms with Crippen molar-refractivity contribution in [2.75, 3.05) is 0 Å². The van der Waals surface area contributed by atoms with E-state index in [0.717, 1.165) is 17.8 Å². The van der Waals surface area contributed by atoms with E-state index in [4.69, 9.17) is 10.5 Å². The Hall–Kier alpha value is -1.06. The van der Waals surface area contributed by atoms with Gasteiger partial charge in [0, 0.05) is 0 Å². The molecule has 0 aliphatic heterocycles. The number of hydrogen-bond acceptors (Lipinski definition) is 3. The lowest BCUT2D eigenvalue weighted by Gasteiger charge is -2.56. The van der Waals surface area contributed by atoms with Crippen molar-refractivity contribution in [1.82, 2.24) is 0 Å². The molecule has 0 radical (unpaired) electrons. The van der Waals surface area contributed by atoms with Crippen LogP contribution in [0, 0.1) is 23.2 Å². The van der Waals surface area contributed by atoms with Crippen LogP contribution >= 0.6 is 0 Å². The highest BCUT2D eigenvalue weighted by molar-refractivity contribution is 5.82. The molecular weight excluding hydrogens is 242 g/mol. The second kappa shape index (κ2) is 4.50. The molecule has 0 heterocycles. The van der Waals surface area contributed by atoms with Crippen molar-refractivity contribution >= 4 is 11.9 Å². The third-order valence-corrected chi connectivity index (χ3v) is 5.39. The Morgan fingerprint density at radius 1 is 1.16 bits per heavy atom. The number of amides is 1. The van der Waals surface area contributed by atoms with Crippen LogP contribution in [0.2, 0.25) is 0 Å². The molecule has 1 atom stereocenters. The van der Waals surface area contributed by atoms with Gasteiger partial charge in [0.1, 0.15) is 0 Å². The van der Waals surface area contributed by atoms with Gasteiger partial charge in [-0.3, -0.25) is 9.59 Å². The summed E-state index contributed by atoms with van der Waals surface area (Å²) in [4.78, 5) is 23.0. The summed E-state index contributed by atoms with van der Waals surface area (Å²) < 4.78 is 5.14. The monoisotopic (exact) mass is 265 g/mol. The first kappa shape index (κ1) is 12.9. The fourth-order valence-electron chi connectivity index (χ4n) is 5.11. The van der Waals surface area contributed by atoms with Gasteiger partial charge in [0.2, 0.25) is 0 Å². The third-order valence-electron chi connectivity index (χ3n) is 5.39. The number of rotatable bonds is 4. The number of nitrogens with two attached hydrogens (primary N) is 1. The van der Waals surface area contributed by atoms with Gasteiger partial charge in [0.25, 0.3) is 5.91 Å². The summed E-state index contributed by atoms with van der Waals surface area (Å²) in [5.41, 5.74) is 5.30. The van der Waals surface area contributed by atoms with Crippen molar-refractivity contribution in [1.29, 1.82) is 0 Å². The number of primary amides is 1. The summed E-state index contributed by atoms with van der Waals surface area (Å²) in [7, 11) is 0. The molecule has 4 aliphatic carbocycles. The number of esters is 1. The highest BCUT2D eigenvalue weighted by Gasteiger charge is 2.51. The average molecular weight is 265 g/mol. The summed E-state index contributed by atoms with van der Waals surface area (Å²) in [6, 6.07) is 0. The quantitative estimate of drug-likeness (QED) is 0.790. The van der Waals surface area contributed by atoms with Gasteiger partial charge in [-0.15, -0.1) is 0 Å². The minimum Gasteiger partial charge on any atom is -0.453 e. The molecule has 106 valence electrons. The third kappa shape index (κ3) is 2.49. The molecule has 4 aliphatic rings. The van der Waals surface area contributed by atoms with E-state index in [1.807, 2.05) is 0 Å². The van der Waals surface area contributed by atoms with Gasteiger partial charge < -0.3 is 10.5 Å². The molecule has 0 spiro atoms. The normalized spacial score (nSPS) is 41.0. The number of carbonyl (C=O) groups is 2. The van der Waals surface area contributed by atoms with E-state index in [2.05, 4.69) is 0 Å². The topological polar surface area (TPSA) is 69.4 Å². The van der Waals surface area contributed by atoms with Gasteiger partial charge >= 0.3 is 5.97 Å². The molecule has 4 nitrogen and oxygen atoms in total. The van der Waals surface area contributed by atoms with Crippen LogP contribution in [-0.4, -0.2) is 18.0 Å². The lowest BCUT2D eigenvalue weighted by molar-refractivity contribution is -0.160.